The lowest BCUT2D eigenvalue weighted by Crippen LogP contribution is -2.56. The van der Waals surface area contributed by atoms with Crippen molar-refractivity contribution in [2.75, 3.05) is 32.7 Å². The van der Waals surface area contributed by atoms with Gasteiger partial charge in [0.05, 0.1) is 46.8 Å². The lowest BCUT2D eigenvalue weighted by Gasteiger charge is -2.36. The number of carbonyl (C=O) groups excluding carboxylic acids is 4. The predicted molar refractivity (Wildman–Crippen MR) is 291 cm³/mol. The Labute approximate surface area is 445 Å². The molecule has 9 rings (SSSR count). The maximum atomic E-state index is 14.5. The summed E-state index contributed by atoms with van der Waals surface area (Å²) in [6.45, 7) is 21.6. The quantitative estimate of drug-likeness (QED) is 0.102. The first kappa shape index (κ1) is 52.3. The standard InChI is InChI=1S/C56H63ClN10O5S2/c1-31-35(5)74-55-48(31)49(39-17-19-42(57)20-18-39)60-44(52-63-62-36(6)67(52)55)28-47(70)64-21-23-65(24-22-64)53(71)41-12-10-11-37(25-41)26-46(69)61-51(56(7,8)9)54(72)66-29-43(68)27-45(66)33(3)59-32(2)38-13-15-40(16-14-38)50-34(4)58-30-73-50/h10-20,25,30,32,43-45,51,59,68H,3,21-24,26-29H2,1-2,4-9H3,(H,61,69)/t32-,43+,44-,45-,51+/m0/s1. The number of β-amino-alcohol motifs (C(OH)–C–C–N with tert-alkyl or cyclic N) is 1. The molecule has 5 atom stereocenters. The maximum absolute atomic E-state index is 14.5. The molecule has 0 unspecified atom stereocenters. The molecule has 3 aromatic carbocycles. The number of rotatable bonds is 13. The van der Waals surface area contributed by atoms with E-state index in [9.17, 15) is 24.3 Å². The molecule has 0 radical (unpaired) electrons. The van der Waals surface area contributed by atoms with Crippen molar-refractivity contribution in [3.63, 3.8) is 0 Å². The lowest BCUT2D eigenvalue weighted by atomic mass is 9.85. The number of aliphatic hydroxyl groups is 1. The third-order valence-electron chi connectivity index (χ3n) is 14.4. The van der Waals surface area contributed by atoms with Gasteiger partial charge >= 0.3 is 0 Å². The minimum absolute atomic E-state index is 0.0637. The van der Waals surface area contributed by atoms with Gasteiger partial charge in [-0.3, -0.25) is 28.7 Å². The second-order valence-electron chi connectivity index (χ2n) is 20.7. The van der Waals surface area contributed by atoms with Crippen molar-refractivity contribution >= 4 is 63.6 Å². The molecular formula is C56H63ClN10O5S2. The van der Waals surface area contributed by atoms with E-state index in [-0.39, 0.29) is 49.1 Å². The summed E-state index contributed by atoms with van der Waals surface area (Å²) in [7, 11) is 0. The highest BCUT2D eigenvalue weighted by molar-refractivity contribution is 7.15. The van der Waals surface area contributed by atoms with Crippen LogP contribution in [0.5, 0.6) is 0 Å². The molecule has 15 nitrogen and oxygen atoms in total. The molecule has 0 spiro atoms. The van der Waals surface area contributed by atoms with Gasteiger partial charge in [0.1, 0.15) is 22.9 Å². The number of benzene rings is 3. The lowest BCUT2D eigenvalue weighted by molar-refractivity contribution is -0.140. The van der Waals surface area contributed by atoms with E-state index in [4.69, 9.17) is 16.6 Å². The van der Waals surface area contributed by atoms with E-state index in [0.717, 1.165) is 54.0 Å². The molecule has 74 heavy (non-hydrogen) atoms. The van der Waals surface area contributed by atoms with Crippen molar-refractivity contribution in [2.45, 2.75) is 105 Å². The number of aliphatic hydroxyl groups excluding tert-OH is 1. The highest BCUT2D eigenvalue weighted by Gasteiger charge is 2.43. The van der Waals surface area contributed by atoms with E-state index in [0.29, 0.717) is 66.1 Å². The summed E-state index contributed by atoms with van der Waals surface area (Å²) in [6, 6.07) is 20.7. The van der Waals surface area contributed by atoms with Crippen LogP contribution in [0.4, 0.5) is 0 Å². The number of hydrogen-bond donors (Lipinski definition) is 3. The highest BCUT2D eigenvalue weighted by atomic mass is 35.5. The fourth-order valence-corrected chi connectivity index (χ4v) is 12.3. The van der Waals surface area contributed by atoms with Crippen LogP contribution in [0.15, 0.2) is 95.6 Å². The third kappa shape index (κ3) is 10.8. The van der Waals surface area contributed by atoms with Gasteiger partial charge in [0, 0.05) is 77.5 Å². The Morgan fingerprint density at radius 3 is 2.27 bits per heavy atom. The first-order chi connectivity index (χ1) is 35.2. The van der Waals surface area contributed by atoms with Crippen LogP contribution in [0.1, 0.15) is 113 Å². The number of amides is 4. The summed E-state index contributed by atoms with van der Waals surface area (Å²) < 4.78 is 2.03. The number of aromatic nitrogens is 4. The Kier molecular flexibility index (Phi) is 15.1. The first-order valence-electron chi connectivity index (χ1n) is 25.0. The topological polar surface area (TPSA) is 178 Å². The van der Waals surface area contributed by atoms with Gasteiger partial charge < -0.3 is 30.4 Å². The van der Waals surface area contributed by atoms with Gasteiger partial charge in [-0.2, -0.15) is 0 Å². The van der Waals surface area contributed by atoms with Gasteiger partial charge in [-0.25, -0.2) is 4.98 Å². The summed E-state index contributed by atoms with van der Waals surface area (Å²) in [6.07, 6.45) is -0.438. The van der Waals surface area contributed by atoms with Crippen LogP contribution in [-0.2, 0) is 20.8 Å². The van der Waals surface area contributed by atoms with Crippen LogP contribution in [0, 0.1) is 33.1 Å². The molecule has 3 N–H and O–H groups in total. The summed E-state index contributed by atoms with van der Waals surface area (Å²) in [5.74, 6) is 0.337. The zero-order chi connectivity index (χ0) is 52.7. The average molecular weight is 1060 g/mol. The van der Waals surface area contributed by atoms with Crippen LogP contribution >= 0.6 is 34.3 Å². The Morgan fingerprint density at radius 1 is 0.905 bits per heavy atom. The SMILES string of the molecule is C=C(N[C@@H](C)c1ccc(-c2scnc2C)cc1)[C@@H]1C[C@@H](O)CN1C(=O)[C@@H](NC(=O)Cc1cccc(C(=O)N2CCN(C(=O)C[C@@H]3N=C(c4ccc(Cl)cc4)c4c(sc(C)c4C)-n4c(C)nnc43)CC2)c1)C(C)(C)C. The number of fused-ring (bicyclic) bond motifs is 3. The highest BCUT2D eigenvalue weighted by Crippen LogP contribution is 2.40. The fraction of sp³-hybridized carbons (Fsp3) is 0.393. The van der Waals surface area contributed by atoms with Gasteiger partial charge in [-0.1, -0.05) is 87.5 Å². The van der Waals surface area contributed by atoms with Gasteiger partial charge in [-0.15, -0.1) is 32.9 Å². The number of likely N-dealkylation sites (tertiary alicyclic amines) is 1. The first-order valence-corrected chi connectivity index (χ1v) is 27.1. The van der Waals surface area contributed by atoms with E-state index in [1.807, 2.05) is 75.9 Å². The van der Waals surface area contributed by atoms with Crippen molar-refractivity contribution < 1.29 is 24.3 Å². The van der Waals surface area contributed by atoms with Crippen molar-refractivity contribution in [1.29, 1.82) is 0 Å². The van der Waals surface area contributed by atoms with Crippen molar-refractivity contribution in [3.8, 4) is 15.4 Å². The zero-order valence-electron chi connectivity index (χ0n) is 43.1. The van der Waals surface area contributed by atoms with Crippen LogP contribution in [-0.4, -0.2) is 120 Å². The molecule has 3 aromatic heterocycles. The van der Waals surface area contributed by atoms with Crippen LogP contribution in [0.2, 0.25) is 5.02 Å². The number of thiazole rings is 1. The number of thiophene rings is 1. The number of aryl methyl sites for hydroxylation is 3. The Hall–Kier alpha value is -6.53. The largest absolute Gasteiger partial charge is 0.391 e. The summed E-state index contributed by atoms with van der Waals surface area (Å²) in [4.78, 5) is 73.6. The Balaban J connectivity index is 0.815. The molecule has 386 valence electrons. The van der Waals surface area contributed by atoms with Gasteiger partial charge in [0.25, 0.3) is 5.91 Å². The molecule has 2 saturated heterocycles. The molecule has 3 aliphatic heterocycles. The minimum atomic E-state index is -0.913. The molecule has 0 saturated carbocycles. The fourth-order valence-electron chi connectivity index (χ4n) is 10.1. The summed E-state index contributed by atoms with van der Waals surface area (Å²) >= 11 is 9.56. The number of nitrogens with one attached hydrogen (secondary N) is 2. The number of piperazine rings is 1. The molecule has 0 bridgehead atoms. The zero-order valence-corrected chi connectivity index (χ0v) is 45.5. The van der Waals surface area contributed by atoms with Crippen molar-refractivity contribution in [1.82, 2.24) is 45.1 Å². The molecule has 6 aromatic rings. The van der Waals surface area contributed by atoms with Gasteiger partial charge in [0.2, 0.25) is 17.7 Å². The molecule has 2 fully saturated rings. The average Bonchev–Trinajstić information content (AvgIpc) is 4.15. The van der Waals surface area contributed by atoms with Gasteiger partial charge in [0.15, 0.2) is 5.82 Å². The molecule has 4 amide bonds. The van der Waals surface area contributed by atoms with E-state index in [2.05, 4.69) is 70.5 Å². The van der Waals surface area contributed by atoms with Crippen molar-refractivity contribution in [3.05, 3.63) is 151 Å². The van der Waals surface area contributed by atoms with E-state index in [1.54, 1.807) is 61.6 Å². The Morgan fingerprint density at radius 2 is 1.59 bits per heavy atom. The molecule has 6 heterocycles. The van der Waals surface area contributed by atoms with E-state index in [1.165, 1.54) is 0 Å². The summed E-state index contributed by atoms with van der Waals surface area (Å²) in [5.41, 5.74) is 9.71. The second kappa shape index (κ2) is 21.4. The summed E-state index contributed by atoms with van der Waals surface area (Å²) in [5, 5.41) is 28.0. The smallest absolute Gasteiger partial charge is 0.253 e. The third-order valence-corrected chi connectivity index (χ3v) is 16.8. The second-order valence-corrected chi connectivity index (χ2v) is 23.2. The monoisotopic (exact) mass is 1050 g/mol. The number of halogens is 1. The number of nitrogens with zero attached hydrogens (tertiary/aromatic N) is 8. The number of aliphatic imine (C=N–C) groups is 1. The van der Waals surface area contributed by atoms with Crippen LogP contribution in [0.25, 0.3) is 15.4 Å². The predicted octanol–water partition coefficient (Wildman–Crippen LogP) is 8.51. The minimum Gasteiger partial charge on any atom is -0.391 e. The number of carbonyl (C=O) groups is 4. The Bertz CT molecular complexity index is 3150. The van der Waals surface area contributed by atoms with Crippen LogP contribution in [0.3, 0.4) is 0 Å². The van der Waals surface area contributed by atoms with Gasteiger partial charge in [-0.05, 0) is 86.6 Å². The van der Waals surface area contributed by atoms with Crippen molar-refractivity contribution in [2.24, 2.45) is 10.4 Å². The van der Waals surface area contributed by atoms with E-state index >= 15 is 0 Å². The van der Waals surface area contributed by atoms with E-state index < -0.39 is 29.6 Å². The number of hydrogen-bond acceptors (Lipinski definition) is 12. The molecular weight excluding hydrogens is 992 g/mol. The normalized spacial score (nSPS) is 18.5. The maximum Gasteiger partial charge on any atom is 0.253 e. The molecule has 0 aliphatic carbocycles. The molecule has 18 heteroatoms. The van der Waals surface area contributed by atoms with Crippen LogP contribution < -0.4 is 10.6 Å². The molecule has 3 aliphatic rings.